The lowest BCUT2D eigenvalue weighted by Gasteiger charge is -2.20. The molecule has 1 aromatic rings. The smallest absolute Gasteiger partial charge is 0.226 e. The van der Waals surface area contributed by atoms with Crippen molar-refractivity contribution >= 4 is 0 Å². The van der Waals surface area contributed by atoms with E-state index in [0.29, 0.717) is 12.5 Å². The van der Waals surface area contributed by atoms with E-state index in [1.165, 1.54) is 12.8 Å². The van der Waals surface area contributed by atoms with Gasteiger partial charge in [-0.2, -0.15) is 4.98 Å². The van der Waals surface area contributed by atoms with Crippen molar-refractivity contribution < 1.29 is 9.26 Å². The van der Waals surface area contributed by atoms with E-state index in [1.807, 2.05) is 6.92 Å². The molecule has 0 amide bonds. The van der Waals surface area contributed by atoms with Gasteiger partial charge in [-0.15, -0.1) is 0 Å². The molecule has 1 saturated heterocycles. The summed E-state index contributed by atoms with van der Waals surface area (Å²) in [5.41, 5.74) is 0. The van der Waals surface area contributed by atoms with Gasteiger partial charge < -0.3 is 14.6 Å². The summed E-state index contributed by atoms with van der Waals surface area (Å²) >= 11 is 0. The van der Waals surface area contributed by atoms with Crippen LogP contribution < -0.4 is 5.32 Å². The number of piperidine rings is 1. The lowest BCUT2D eigenvalue weighted by molar-refractivity contribution is 0.149. The number of nitrogens with one attached hydrogen (secondary N) is 1. The van der Waals surface area contributed by atoms with Gasteiger partial charge >= 0.3 is 0 Å². The van der Waals surface area contributed by atoms with Crippen molar-refractivity contribution in [3.8, 4) is 0 Å². The maximum Gasteiger partial charge on any atom is 0.226 e. The Hall–Kier alpha value is -0.940. The molecule has 1 aromatic heterocycles. The Bertz CT molecular complexity index is 321. The third kappa shape index (κ3) is 4.09. The van der Waals surface area contributed by atoms with Crippen molar-refractivity contribution in [2.75, 3.05) is 26.3 Å². The molecule has 1 aliphatic rings. The summed E-state index contributed by atoms with van der Waals surface area (Å²) in [5, 5.41) is 7.36. The maximum absolute atomic E-state index is 5.26. The number of nitrogens with zero attached hydrogens (tertiary/aromatic N) is 2. The van der Waals surface area contributed by atoms with Gasteiger partial charge in [0.2, 0.25) is 5.89 Å². The van der Waals surface area contributed by atoms with Gasteiger partial charge in [-0.3, -0.25) is 0 Å². The van der Waals surface area contributed by atoms with Crippen LogP contribution in [0.25, 0.3) is 0 Å². The summed E-state index contributed by atoms with van der Waals surface area (Å²) < 4.78 is 10.5. The van der Waals surface area contributed by atoms with E-state index in [0.717, 1.165) is 44.3 Å². The van der Waals surface area contributed by atoms with Gasteiger partial charge in [0.25, 0.3) is 0 Å². The van der Waals surface area contributed by atoms with Crippen molar-refractivity contribution in [2.45, 2.75) is 32.6 Å². The fraction of sp³-hybridized carbons (Fsp3) is 0.833. The molecule has 0 aromatic carbocycles. The average Bonchev–Trinajstić information content (AvgIpc) is 2.79. The SMILES string of the molecule is CCOCCc1noc(CC2CCCNC2)n1. The third-order valence-corrected chi connectivity index (χ3v) is 3.05. The fourth-order valence-electron chi connectivity index (χ4n) is 2.13. The third-order valence-electron chi connectivity index (χ3n) is 3.05. The van der Waals surface area contributed by atoms with Crippen LogP contribution in [0.4, 0.5) is 0 Å². The Morgan fingerprint density at radius 3 is 3.24 bits per heavy atom. The van der Waals surface area contributed by atoms with Crippen LogP contribution in [0.1, 0.15) is 31.5 Å². The van der Waals surface area contributed by atoms with E-state index in [9.17, 15) is 0 Å². The minimum Gasteiger partial charge on any atom is -0.381 e. The second-order valence-corrected chi connectivity index (χ2v) is 4.47. The van der Waals surface area contributed by atoms with E-state index in [2.05, 4.69) is 15.5 Å². The van der Waals surface area contributed by atoms with Gasteiger partial charge in [-0.25, -0.2) is 0 Å². The Morgan fingerprint density at radius 2 is 2.47 bits per heavy atom. The minimum absolute atomic E-state index is 0.643. The van der Waals surface area contributed by atoms with Crippen LogP contribution in [-0.4, -0.2) is 36.4 Å². The molecular formula is C12H21N3O2. The van der Waals surface area contributed by atoms with Crippen LogP contribution in [-0.2, 0) is 17.6 Å². The first kappa shape index (κ1) is 12.5. The predicted molar refractivity (Wildman–Crippen MR) is 63.8 cm³/mol. The highest BCUT2D eigenvalue weighted by Gasteiger charge is 2.17. The van der Waals surface area contributed by atoms with Gasteiger partial charge in [-0.05, 0) is 38.8 Å². The topological polar surface area (TPSA) is 60.2 Å². The number of rotatable bonds is 6. The Kier molecular flexibility index (Phi) is 4.94. The molecule has 2 rings (SSSR count). The number of hydrogen-bond donors (Lipinski definition) is 1. The molecule has 17 heavy (non-hydrogen) atoms. The highest BCUT2D eigenvalue weighted by molar-refractivity contribution is 4.89. The average molecular weight is 239 g/mol. The summed E-state index contributed by atoms with van der Waals surface area (Å²) in [7, 11) is 0. The van der Waals surface area contributed by atoms with E-state index in [4.69, 9.17) is 9.26 Å². The van der Waals surface area contributed by atoms with Crippen LogP contribution in [0.15, 0.2) is 4.52 Å². The molecule has 96 valence electrons. The zero-order valence-corrected chi connectivity index (χ0v) is 10.4. The van der Waals surface area contributed by atoms with Gasteiger partial charge in [0.05, 0.1) is 6.61 Å². The van der Waals surface area contributed by atoms with Crippen LogP contribution >= 0.6 is 0 Å². The first-order valence-corrected chi connectivity index (χ1v) is 6.48. The van der Waals surface area contributed by atoms with Crippen molar-refractivity contribution in [3.05, 3.63) is 11.7 Å². The zero-order valence-electron chi connectivity index (χ0n) is 10.4. The molecule has 0 bridgehead atoms. The normalized spacial score (nSPS) is 20.6. The molecule has 1 atom stereocenters. The summed E-state index contributed by atoms with van der Waals surface area (Å²) in [6.07, 6.45) is 4.13. The minimum atomic E-state index is 0.643. The van der Waals surface area contributed by atoms with Crippen molar-refractivity contribution in [1.29, 1.82) is 0 Å². The van der Waals surface area contributed by atoms with E-state index in [-0.39, 0.29) is 0 Å². The predicted octanol–water partition coefficient (Wildman–Crippen LogP) is 1.19. The molecule has 0 radical (unpaired) electrons. The van der Waals surface area contributed by atoms with E-state index < -0.39 is 0 Å². The summed E-state index contributed by atoms with van der Waals surface area (Å²) in [4.78, 5) is 4.39. The molecular weight excluding hydrogens is 218 g/mol. The quantitative estimate of drug-likeness (QED) is 0.756. The first-order chi connectivity index (χ1) is 8.38. The van der Waals surface area contributed by atoms with Crippen LogP contribution in [0.3, 0.4) is 0 Å². The molecule has 5 heteroatoms. The Labute approximate surface area is 102 Å². The molecule has 5 nitrogen and oxygen atoms in total. The summed E-state index contributed by atoms with van der Waals surface area (Å²) in [6, 6.07) is 0. The van der Waals surface area contributed by atoms with E-state index >= 15 is 0 Å². The monoisotopic (exact) mass is 239 g/mol. The molecule has 1 aliphatic heterocycles. The Morgan fingerprint density at radius 1 is 1.53 bits per heavy atom. The molecule has 1 unspecified atom stereocenters. The van der Waals surface area contributed by atoms with Crippen molar-refractivity contribution in [1.82, 2.24) is 15.5 Å². The lowest BCUT2D eigenvalue weighted by atomic mass is 9.96. The highest BCUT2D eigenvalue weighted by atomic mass is 16.5. The molecule has 0 saturated carbocycles. The fourth-order valence-corrected chi connectivity index (χ4v) is 2.13. The summed E-state index contributed by atoms with van der Waals surface area (Å²) in [6.45, 7) is 5.59. The van der Waals surface area contributed by atoms with Gasteiger partial charge in [-0.1, -0.05) is 5.16 Å². The number of ether oxygens (including phenoxy) is 1. The van der Waals surface area contributed by atoms with Crippen molar-refractivity contribution in [2.24, 2.45) is 5.92 Å². The zero-order chi connectivity index (χ0) is 11.9. The van der Waals surface area contributed by atoms with E-state index in [1.54, 1.807) is 0 Å². The van der Waals surface area contributed by atoms with Gasteiger partial charge in [0.15, 0.2) is 5.82 Å². The largest absolute Gasteiger partial charge is 0.381 e. The molecule has 0 aliphatic carbocycles. The van der Waals surface area contributed by atoms with Crippen LogP contribution in [0.5, 0.6) is 0 Å². The second-order valence-electron chi connectivity index (χ2n) is 4.47. The van der Waals surface area contributed by atoms with Gasteiger partial charge in [0, 0.05) is 19.4 Å². The molecule has 0 spiro atoms. The second kappa shape index (κ2) is 6.71. The first-order valence-electron chi connectivity index (χ1n) is 6.48. The van der Waals surface area contributed by atoms with Crippen LogP contribution in [0.2, 0.25) is 0 Å². The lowest BCUT2D eigenvalue weighted by Crippen LogP contribution is -2.30. The summed E-state index contributed by atoms with van der Waals surface area (Å²) in [5.74, 6) is 2.17. The number of aromatic nitrogens is 2. The maximum atomic E-state index is 5.26. The molecule has 1 N–H and O–H groups in total. The Balaban J connectivity index is 1.76. The molecule has 2 heterocycles. The number of hydrogen-bond acceptors (Lipinski definition) is 5. The van der Waals surface area contributed by atoms with Crippen LogP contribution in [0, 0.1) is 5.92 Å². The van der Waals surface area contributed by atoms with Gasteiger partial charge in [0.1, 0.15) is 0 Å². The highest BCUT2D eigenvalue weighted by Crippen LogP contribution is 2.15. The standard InChI is InChI=1S/C12H21N3O2/c1-2-16-7-5-11-14-12(17-15-11)8-10-4-3-6-13-9-10/h10,13H,2-9H2,1H3. The molecule has 1 fully saturated rings. The van der Waals surface area contributed by atoms with Crippen molar-refractivity contribution in [3.63, 3.8) is 0 Å².